The number of nitrogens with zero attached hydrogens (tertiary/aromatic N) is 3. The number of carbonyl (C=O) groups excluding carboxylic acids is 1. The average molecular weight is 415 g/mol. The summed E-state index contributed by atoms with van der Waals surface area (Å²) in [6.07, 6.45) is 3.26. The zero-order chi connectivity index (χ0) is 20.3. The van der Waals surface area contributed by atoms with Crippen molar-refractivity contribution in [1.82, 2.24) is 14.9 Å². The monoisotopic (exact) mass is 414 g/mol. The van der Waals surface area contributed by atoms with Crippen LogP contribution in [0.2, 0.25) is 0 Å². The summed E-state index contributed by atoms with van der Waals surface area (Å²) in [5, 5.41) is 4.52. The normalized spacial score (nSPS) is 13.9. The zero-order valence-corrected chi connectivity index (χ0v) is 17.4. The van der Waals surface area contributed by atoms with Gasteiger partial charge in [-0.2, -0.15) is 0 Å². The van der Waals surface area contributed by atoms with E-state index in [1.54, 1.807) is 17.7 Å². The van der Waals surface area contributed by atoms with Crippen LogP contribution in [0.1, 0.15) is 24.0 Å². The smallest absolute Gasteiger partial charge is 0.222 e. The molecule has 30 heavy (non-hydrogen) atoms. The lowest BCUT2D eigenvalue weighted by atomic mass is 10.1. The van der Waals surface area contributed by atoms with Crippen molar-refractivity contribution in [2.24, 2.45) is 0 Å². The Kier molecular flexibility index (Phi) is 5.15. The van der Waals surface area contributed by atoms with Crippen molar-refractivity contribution < 1.29 is 4.79 Å². The minimum Gasteiger partial charge on any atom is -0.365 e. The molecule has 0 spiro atoms. The summed E-state index contributed by atoms with van der Waals surface area (Å²) in [5.41, 5.74) is 3.53. The molecule has 150 valence electrons. The summed E-state index contributed by atoms with van der Waals surface area (Å²) >= 11 is 1.68. The number of anilines is 1. The summed E-state index contributed by atoms with van der Waals surface area (Å²) in [6, 6.07) is 20.9. The van der Waals surface area contributed by atoms with Crippen LogP contribution in [0.4, 0.5) is 5.82 Å². The van der Waals surface area contributed by atoms with E-state index >= 15 is 0 Å². The van der Waals surface area contributed by atoms with E-state index in [0.29, 0.717) is 19.5 Å². The Bertz CT molecular complexity index is 1190. The van der Waals surface area contributed by atoms with E-state index in [4.69, 9.17) is 0 Å². The number of benzene rings is 2. The van der Waals surface area contributed by atoms with Crippen LogP contribution in [-0.4, -0.2) is 27.3 Å². The SMILES string of the molecule is O=C1CCCN1Cc1cccc(CNc2ncnc3sc(-c4ccccc4)cc23)c1. The van der Waals surface area contributed by atoms with Crippen LogP contribution in [0.15, 0.2) is 67.0 Å². The van der Waals surface area contributed by atoms with E-state index in [9.17, 15) is 4.79 Å². The second-order valence-electron chi connectivity index (χ2n) is 7.51. The van der Waals surface area contributed by atoms with Gasteiger partial charge in [0.15, 0.2) is 0 Å². The van der Waals surface area contributed by atoms with Gasteiger partial charge in [0.05, 0.1) is 5.39 Å². The topological polar surface area (TPSA) is 58.1 Å². The fraction of sp³-hybridized carbons (Fsp3) is 0.208. The van der Waals surface area contributed by atoms with Gasteiger partial charge in [0.25, 0.3) is 0 Å². The van der Waals surface area contributed by atoms with Gasteiger partial charge in [0.1, 0.15) is 17.0 Å². The molecule has 1 fully saturated rings. The molecule has 0 unspecified atom stereocenters. The van der Waals surface area contributed by atoms with Gasteiger partial charge in [0, 0.05) is 30.9 Å². The molecular weight excluding hydrogens is 392 g/mol. The summed E-state index contributed by atoms with van der Waals surface area (Å²) in [4.78, 5) is 24.9. The molecule has 0 atom stereocenters. The first-order valence-corrected chi connectivity index (χ1v) is 11.0. The second-order valence-corrected chi connectivity index (χ2v) is 8.54. The molecule has 0 radical (unpaired) electrons. The quantitative estimate of drug-likeness (QED) is 0.477. The number of fused-ring (bicyclic) bond motifs is 1. The van der Waals surface area contributed by atoms with Crippen molar-refractivity contribution in [3.8, 4) is 10.4 Å². The molecule has 1 aliphatic rings. The molecule has 6 heteroatoms. The van der Waals surface area contributed by atoms with E-state index in [2.05, 4.69) is 57.7 Å². The van der Waals surface area contributed by atoms with Crippen molar-refractivity contribution >= 4 is 33.3 Å². The summed E-state index contributed by atoms with van der Waals surface area (Å²) in [5.74, 6) is 1.10. The molecular formula is C24H22N4OS. The maximum atomic E-state index is 11.9. The third kappa shape index (κ3) is 3.91. The van der Waals surface area contributed by atoms with E-state index in [0.717, 1.165) is 29.0 Å². The Morgan fingerprint density at radius 1 is 1.00 bits per heavy atom. The highest BCUT2D eigenvalue weighted by Gasteiger charge is 2.20. The minimum absolute atomic E-state index is 0.258. The maximum Gasteiger partial charge on any atom is 0.222 e. The average Bonchev–Trinajstić information content (AvgIpc) is 3.40. The first-order chi connectivity index (χ1) is 14.8. The number of nitrogens with one attached hydrogen (secondary N) is 1. The third-order valence-corrected chi connectivity index (χ3v) is 6.48. The number of amides is 1. The Balaban J connectivity index is 1.33. The molecule has 5 rings (SSSR count). The van der Waals surface area contributed by atoms with Crippen molar-refractivity contribution in [1.29, 1.82) is 0 Å². The Hall–Kier alpha value is -3.25. The van der Waals surface area contributed by atoms with Crippen LogP contribution >= 0.6 is 11.3 Å². The summed E-state index contributed by atoms with van der Waals surface area (Å²) < 4.78 is 0. The van der Waals surface area contributed by atoms with Gasteiger partial charge < -0.3 is 10.2 Å². The minimum atomic E-state index is 0.258. The van der Waals surface area contributed by atoms with E-state index in [1.807, 2.05) is 23.1 Å². The Morgan fingerprint density at radius 3 is 2.70 bits per heavy atom. The number of carbonyl (C=O) groups is 1. The van der Waals surface area contributed by atoms with Gasteiger partial charge in [-0.3, -0.25) is 4.79 Å². The lowest BCUT2D eigenvalue weighted by Gasteiger charge is -2.16. The van der Waals surface area contributed by atoms with Gasteiger partial charge in [-0.15, -0.1) is 11.3 Å². The largest absolute Gasteiger partial charge is 0.365 e. The van der Waals surface area contributed by atoms with Gasteiger partial charge >= 0.3 is 0 Å². The van der Waals surface area contributed by atoms with Crippen LogP contribution in [0.3, 0.4) is 0 Å². The Labute approximate surface area is 179 Å². The molecule has 0 saturated carbocycles. The molecule has 2 aromatic heterocycles. The van der Waals surface area contributed by atoms with Crippen molar-refractivity contribution in [2.75, 3.05) is 11.9 Å². The standard InChI is InChI=1S/C24H22N4OS/c29-22-10-5-11-28(22)15-18-7-4-6-17(12-18)14-25-23-20-13-21(19-8-2-1-3-9-19)30-24(20)27-16-26-23/h1-4,6-9,12-13,16H,5,10-11,14-15H2,(H,25,26,27). The van der Waals surface area contributed by atoms with Crippen molar-refractivity contribution in [3.63, 3.8) is 0 Å². The number of aromatic nitrogens is 2. The van der Waals surface area contributed by atoms with E-state index in [-0.39, 0.29) is 5.91 Å². The number of likely N-dealkylation sites (tertiary alicyclic amines) is 1. The van der Waals surface area contributed by atoms with Crippen LogP contribution in [0, 0.1) is 0 Å². The highest BCUT2D eigenvalue weighted by molar-refractivity contribution is 7.21. The second kappa shape index (κ2) is 8.24. The summed E-state index contributed by atoms with van der Waals surface area (Å²) in [6.45, 7) is 2.22. The predicted octanol–water partition coefficient (Wildman–Crippen LogP) is 5.09. The highest BCUT2D eigenvalue weighted by Crippen LogP contribution is 2.34. The molecule has 3 heterocycles. The van der Waals surface area contributed by atoms with Gasteiger partial charge in [0.2, 0.25) is 5.91 Å². The molecule has 1 amide bonds. The first kappa shape index (κ1) is 18.8. The van der Waals surface area contributed by atoms with Crippen LogP contribution in [0.5, 0.6) is 0 Å². The zero-order valence-electron chi connectivity index (χ0n) is 16.5. The van der Waals surface area contributed by atoms with Gasteiger partial charge in [-0.1, -0.05) is 54.6 Å². The molecule has 5 nitrogen and oxygen atoms in total. The molecule has 1 saturated heterocycles. The number of thiophene rings is 1. The van der Waals surface area contributed by atoms with E-state index < -0.39 is 0 Å². The van der Waals surface area contributed by atoms with Crippen molar-refractivity contribution in [3.05, 3.63) is 78.1 Å². The number of hydrogen-bond donors (Lipinski definition) is 1. The fourth-order valence-corrected chi connectivity index (χ4v) is 4.86. The predicted molar refractivity (Wildman–Crippen MR) is 121 cm³/mol. The van der Waals surface area contributed by atoms with Crippen molar-refractivity contribution in [2.45, 2.75) is 25.9 Å². The molecule has 4 aromatic rings. The van der Waals surface area contributed by atoms with Crippen LogP contribution in [0.25, 0.3) is 20.7 Å². The lowest BCUT2D eigenvalue weighted by molar-refractivity contribution is -0.128. The lowest BCUT2D eigenvalue weighted by Crippen LogP contribution is -2.23. The number of hydrogen-bond acceptors (Lipinski definition) is 5. The van der Waals surface area contributed by atoms with Gasteiger partial charge in [-0.25, -0.2) is 9.97 Å². The van der Waals surface area contributed by atoms with E-state index in [1.165, 1.54) is 21.6 Å². The van der Waals surface area contributed by atoms with Crippen LogP contribution in [-0.2, 0) is 17.9 Å². The van der Waals surface area contributed by atoms with Gasteiger partial charge in [-0.05, 0) is 29.2 Å². The maximum absolute atomic E-state index is 11.9. The molecule has 0 bridgehead atoms. The third-order valence-electron chi connectivity index (χ3n) is 5.38. The molecule has 2 aromatic carbocycles. The highest BCUT2D eigenvalue weighted by atomic mass is 32.1. The molecule has 1 aliphatic heterocycles. The van der Waals surface area contributed by atoms with Crippen LogP contribution < -0.4 is 5.32 Å². The fourth-order valence-electron chi connectivity index (χ4n) is 3.86. The Morgan fingerprint density at radius 2 is 1.87 bits per heavy atom. The first-order valence-electron chi connectivity index (χ1n) is 10.2. The summed E-state index contributed by atoms with van der Waals surface area (Å²) in [7, 11) is 0. The molecule has 1 N–H and O–H groups in total. The number of rotatable bonds is 6. The molecule has 0 aliphatic carbocycles.